The van der Waals surface area contributed by atoms with Crippen molar-refractivity contribution in [3.63, 3.8) is 0 Å². The second-order valence-electron chi connectivity index (χ2n) is 0.408. The average Bonchev–Trinajstić information content (AvgIpc) is 1.37. The van der Waals surface area contributed by atoms with E-state index >= 15 is 0 Å². The Labute approximate surface area is 57.2 Å². The zero-order valence-electron chi connectivity index (χ0n) is 2.55. The zero-order valence-corrected chi connectivity index (χ0v) is 5.73. The average molecular weight is 199 g/mol. The molecule has 0 atom stereocenters. The molecule has 0 nitrogen and oxygen atoms in total. The molecule has 34 valence electrons. The first-order valence-electron chi connectivity index (χ1n) is 1.08. The summed E-state index contributed by atoms with van der Waals surface area (Å²) in [4.78, 5) is 0. The van der Waals surface area contributed by atoms with Crippen LogP contribution in [0.15, 0.2) is 0 Å². The molecule has 0 rings (SSSR count). The minimum absolute atomic E-state index is 0. The van der Waals surface area contributed by atoms with Crippen LogP contribution in [0.25, 0.3) is 0 Å². The molecule has 0 aliphatic carbocycles. The molecule has 0 heterocycles. The van der Waals surface area contributed by atoms with Gasteiger partial charge in [0.05, 0.1) is 0 Å². The van der Waals surface area contributed by atoms with Crippen molar-refractivity contribution in [2.45, 2.75) is 0 Å². The first-order valence-corrected chi connectivity index (χ1v) is 2.23. The van der Waals surface area contributed by atoms with Crippen molar-refractivity contribution >= 4 is 25.3 Å². The smallest absolute Gasteiger partial charge is 0.794 e. The first kappa shape index (κ1) is 9.61. The summed E-state index contributed by atoms with van der Waals surface area (Å²) >= 11 is 8.90. The Bertz CT molecular complexity index is 9.61. The predicted molar refractivity (Wildman–Crippen MR) is 24.5 cm³/mol. The molecule has 0 aliphatic rings. The Morgan fingerprint density at radius 3 is 1.20 bits per heavy atom. The maximum Gasteiger partial charge on any atom is 2.00 e. The van der Waals surface area contributed by atoms with Crippen molar-refractivity contribution < 1.29 is 20.4 Å². The Morgan fingerprint density at radius 2 is 1.20 bits per heavy atom. The molecule has 0 saturated carbocycles. The van der Waals surface area contributed by atoms with Crippen LogP contribution in [0, 0.1) is 0 Å². The second-order valence-corrected chi connectivity index (χ2v) is 1.22. The summed E-state index contributed by atoms with van der Waals surface area (Å²) in [5.74, 6) is 1.44. The molecular formula is C2H4PdS2. The maximum atomic E-state index is 4.45. The third kappa shape index (κ3) is 10.9. The van der Waals surface area contributed by atoms with Crippen LogP contribution in [0.5, 0.6) is 0 Å². The SMILES string of the molecule is [Pd+2].[S-]CC[S-]. The van der Waals surface area contributed by atoms with Crippen LogP contribution in [0.2, 0.25) is 0 Å². The third-order valence-electron chi connectivity index (χ3n) is 0.0833. The summed E-state index contributed by atoms with van der Waals surface area (Å²) in [5, 5.41) is 0. The molecule has 3 heteroatoms. The van der Waals surface area contributed by atoms with E-state index in [-0.39, 0.29) is 20.4 Å². The van der Waals surface area contributed by atoms with Crippen LogP contribution in [-0.4, -0.2) is 11.5 Å². The van der Waals surface area contributed by atoms with Crippen LogP contribution in [0.1, 0.15) is 0 Å². The van der Waals surface area contributed by atoms with E-state index in [9.17, 15) is 0 Å². The summed E-state index contributed by atoms with van der Waals surface area (Å²) in [6.07, 6.45) is 0. The topological polar surface area (TPSA) is 0 Å². The van der Waals surface area contributed by atoms with E-state index in [2.05, 4.69) is 25.3 Å². The molecule has 0 aromatic heterocycles. The van der Waals surface area contributed by atoms with Crippen molar-refractivity contribution in [1.82, 2.24) is 0 Å². The number of rotatable bonds is 1. The Balaban J connectivity index is 0. The summed E-state index contributed by atoms with van der Waals surface area (Å²) < 4.78 is 0. The van der Waals surface area contributed by atoms with Gasteiger partial charge in [-0.05, 0) is 0 Å². The predicted octanol–water partition coefficient (Wildman–Crippen LogP) is 0.0777. The monoisotopic (exact) mass is 198 g/mol. The molecule has 0 bridgehead atoms. The molecule has 0 aliphatic heterocycles. The standard InChI is InChI=1S/C2H6S2.Pd/c3-1-2-4;/h3-4H,1-2H2;/q;+2/p-2. The molecule has 0 saturated heterocycles. The van der Waals surface area contributed by atoms with Crippen LogP contribution < -0.4 is 0 Å². The number of hydrogen-bond acceptors (Lipinski definition) is 2. The van der Waals surface area contributed by atoms with Gasteiger partial charge >= 0.3 is 20.4 Å². The van der Waals surface area contributed by atoms with Crippen molar-refractivity contribution in [2.24, 2.45) is 0 Å². The molecule has 5 heavy (non-hydrogen) atoms. The van der Waals surface area contributed by atoms with E-state index in [1.54, 1.807) is 0 Å². The van der Waals surface area contributed by atoms with E-state index in [1.807, 2.05) is 0 Å². The van der Waals surface area contributed by atoms with Crippen molar-refractivity contribution in [3.8, 4) is 0 Å². The number of hydrogen-bond donors (Lipinski definition) is 0. The van der Waals surface area contributed by atoms with Gasteiger partial charge in [0.1, 0.15) is 0 Å². The minimum Gasteiger partial charge on any atom is -0.794 e. The van der Waals surface area contributed by atoms with Gasteiger partial charge < -0.3 is 25.3 Å². The van der Waals surface area contributed by atoms with Crippen LogP contribution in [-0.2, 0) is 45.7 Å². The molecule has 0 spiro atoms. The first-order chi connectivity index (χ1) is 1.91. The van der Waals surface area contributed by atoms with Gasteiger partial charge in [-0.3, -0.25) is 0 Å². The van der Waals surface area contributed by atoms with Gasteiger partial charge in [0, 0.05) is 0 Å². The van der Waals surface area contributed by atoms with Gasteiger partial charge in [-0.15, -0.1) is 0 Å². The molecule has 0 aromatic carbocycles. The third-order valence-corrected chi connectivity index (χ3v) is 0.750. The fourth-order valence-corrected chi connectivity index (χ4v) is 0. The zero-order chi connectivity index (χ0) is 3.41. The molecule has 0 unspecified atom stereocenters. The van der Waals surface area contributed by atoms with E-state index in [0.29, 0.717) is 0 Å². The summed E-state index contributed by atoms with van der Waals surface area (Å²) in [5.41, 5.74) is 0. The normalized spacial score (nSPS) is 6.00. The summed E-state index contributed by atoms with van der Waals surface area (Å²) in [7, 11) is 0. The summed E-state index contributed by atoms with van der Waals surface area (Å²) in [6, 6.07) is 0. The fourth-order valence-electron chi connectivity index (χ4n) is 0. The van der Waals surface area contributed by atoms with E-state index in [1.165, 1.54) is 0 Å². The molecule has 0 fully saturated rings. The van der Waals surface area contributed by atoms with Gasteiger partial charge in [-0.25, -0.2) is 0 Å². The van der Waals surface area contributed by atoms with Crippen LogP contribution in [0.3, 0.4) is 0 Å². The maximum absolute atomic E-state index is 4.45. The van der Waals surface area contributed by atoms with Gasteiger partial charge in [-0.1, -0.05) is 0 Å². The second kappa shape index (κ2) is 9.03. The molecule has 0 N–H and O–H groups in total. The van der Waals surface area contributed by atoms with Gasteiger partial charge in [0.2, 0.25) is 0 Å². The molecular weight excluding hydrogens is 195 g/mol. The fraction of sp³-hybridized carbons (Fsp3) is 1.00. The largest absolute Gasteiger partial charge is 2.00 e. The van der Waals surface area contributed by atoms with Gasteiger partial charge in [-0.2, -0.15) is 11.5 Å². The Hall–Kier alpha value is 1.36. The van der Waals surface area contributed by atoms with Gasteiger partial charge in [0.15, 0.2) is 0 Å². The van der Waals surface area contributed by atoms with Crippen LogP contribution in [0.4, 0.5) is 0 Å². The quantitative estimate of drug-likeness (QED) is 0.432. The Kier molecular flexibility index (Phi) is 17.4. The molecule has 0 radical (unpaired) electrons. The van der Waals surface area contributed by atoms with Crippen molar-refractivity contribution in [2.75, 3.05) is 11.5 Å². The van der Waals surface area contributed by atoms with Gasteiger partial charge in [0.25, 0.3) is 0 Å². The van der Waals surface area contributed by atoms with E-state index in [4.69, 9.17) is 0 Å². The molecule has 0 amide bonds. The van der Waals surface area contributed by atoms with Crippen molar-refractivity contribution in [3.05, 3.63) is 0 Å². The van der Waals surface area contributed by atoms with E-state index in [0.717, 1.165) is 11.5 Å². The summed E-state index contributed by atoms with van der Waals surface area (Å²) in [6.45, 7) is 0. The molecule has 0 aromatic rings. The van der Waals surface area contributed by atoms with Crippen LogP contribution >= 0.6 is 0 Å². The van der Waals surface area contributed by atoms with Crippen molar-refractivity contribution in [1.29, 1.82) is 0 Å². The minimum atomic E-state index is 0. The Morgan fingerprint density at radius 1 is 1.00 bits per heavy atom. The van der Waals surface area contributed by atoms with E-state index < -0.39 is 0 Å².